The molecule has 0 aromatic carbocycles. The highest BCUT2D eigenvalue weighted by molar-refractivity contribution is 5.76. The molecule has 6 heteroatoms. The van der Waals surface area contributed by atoms with Crippen LogP contribution in [0.25, 0.3) is 0 Å². The molecule has 0 saturated heterocycles. The van der Waals surface area contributed by atoms with Crippen molar-refractivity contribution in [3.63, 3.8) is 0 Å². The van der Waals surface area contributed by atoms with E-state index in [0.717, 1.165) is 38.5 Å². The smallest absolute Gasteiger partial charge is 0.305 e. The molecule has 0 aliphatic carbocycles. The number of allylic oxidation sites excluding steroid dienone is 2. The first-order valence-electron chi connectivity index (χ1n) is 33.9. The number of esters is 1. The Hall–Kier alpha value is -1.40. The van der Waals surface area contributed by atoms with Gasteiger partial charge in [0.1, 0.15) is 0 Å². The van der Waals surface area contributed by atoms with Gasteiger partial charge < -0.3 is 20.3 Å². The summed E-state index contributed by atoms with van der Waals surface area (Å²) in [5, 5.41) is 23.4. The molecule has 0 aliphatic heterocycles. The Bertz CT molecular complexity index is 1110. The van der Waals surface area contributed by atoms with Crippen LogP contribution < -0.4 is 5.32 Å². The lowest BCUT2D eigenvalue weighted by Gasteiger charge is -2.22. The van der Waals surface area contributed by atoms with Crippen LogP contribution in [0.1, 0.15) is 386 Å². The van der Waals surface area contributed by atoms with E-state index in [2.05, 4.69) is 31.3 Å². The van der Waals surface area contributed by atoms with Gasteiger partial charge in [0.15, 0.2) is 0 Å². The second-order valence-corrected chi connectivity index (χ2v) is 23.5. The van der Waals surface area contributed by atoms with Crippen molar-refractivity contribution in [2.75, 3.05) is 13.2 Å². The largest absolute Gasteiger partial charge is 0.466 e. The van der Waals surface area contributed by atoms with E-state index >= 15 is 0 Å². The highest BCUT2D eigenvalue weighted by Gasteiger charge is 2.20. The topological polar surface area (TPSA) is 95.9 Å². The van der Waals surface area contributed by atoms with Crippen LogP contribution in [0.2, 0.25) is 0 Å². The zero-order valence-electron chi connectivity index (χ0n) is 50.4. The summed E-state index contributed by atoms with van der Waals surface area (Å²) in [5.41, 5.74) is 0. The Labute approximate surface area is 463 Å². The van der Waals surface area contributed by atoms with Crippen LogP contribution in [-0.2, 0) is 14.3 Å². The number of unbranched alkanes of at least 4 members (excludes halogenated alkanes) is 51. The number of rotatable bonds is 64. The van der Waals surface area contributed by atoms with Crippen LogP contribution >= 0.6 is 0 Å². The lowest BCUT2D eigenvalue weighted by Crippen LogP contribution is -2.45. The fraction of sp³-hybridized carbons (Fsp3) is 0.941. The Balaban J connectivity index is 3.38. The van der Waals surface area contributed by atoms with Gasteiger partial charge in [-0.05, 0) is 51.4 Å². The van der Waals surface area contributed by atoms with Gasteiger partial charge in [0.25, 0.3) is 0 Å². The molecule has 0 aromatic rings. The van der Waals surface area contributed by atoms with Crippen molar-refractivity contribution in [3.05, 3.63) is 12.2 Å². The van der Waals surface area contributed by atoms with E-state index in [-0.39, 0.29) is 18.5 Å². The van der Waals surface area contributed by atoms with Gasteiger partial charge in [0.05, 0.1) is 25.4 Å². The summed E-state index contributed by atoms with van der Waals surface area (Å²) in [5.74, 6) is -0.0159. The molecule has 1 amide bonds. The standard InChI is InChI=1S/C68H133NO5/c1-3-5-7-9-11-13-15-16-17-18-28-31-34-37-41-44-48-52-56-60-66(71)65(64-70)69-67(72)61-57-53-49-45-42-38-35-32-29-26-24-22-20-19-21-23-25-27-30-33-36-39-43-47-51-55-59-63-74-68(73)62-58-54-50-46-40-14-12-10-8-6-4-2/h19-20,65-66,70-71H,3-18,21-64H2,1-2H3,(H,69,72)/b20-19-. The van der Waals surface area contributed by atoms with Crippen molar-refractivity contribution in [2.45, 2.75) is 398 Å². The van der Waals surface area contributed by atoms with Crippen LogP contribution in [0.15, 0.2) is 12.2 Å². The van der Waals surface area contributed by atoms with E-state index in [1.165, 1.54) is 315 Å². The molecule has 0 rings (SSSR count). The number of carbonyl (C=O) groups is 2. The molecular weight excluding hydrogens is 911 g/mol. The molecule has 0 aliphatic rings. The summed E-state index contributed by atoms with van der Waals surface area (Å²) in [6, 6.07) is -0.542. The number of carbonyl (C=O) groups excluding carboxylic acids is 2. The highest BCUT2D eigenvalue weighted by Crippen LogP contribution is 2.19. The predicted molar refractivity (Wildman–Crippen MR) is 324 cm³/mol. The normalized spacial score (nSPS) is 12.5. The van der Waals surface area contributed by atoms with Gasteiger partial charge in [-0.3, -0.25) is 9.59 Å². The molecule has 0 fully saturated rings. The fourth-order valence-electron chi connectivity index (χ4n) is 10.9. The van der Waals surface area contributed by atoms with Crippen LogP contribution in [0.4, 0.5) is 0 Å². The first-order valence-corrected chi connectivity index (χ1v) is 33.9. The number of hydrogen-bond donors (Lipinski definition) is 3. The number of ether oxygens (including phenoxy) is 1. The molecule has 2 unspecified atom stereocenters. The third-order valence-corrected chi connectivity index (χ3v) is 16.1. The first kappa shape index (κ1) is 72.6. The zero-order valence-corrected chi connectivity index (χ0v) is 50.4. The Kier molecular flexibility index (Phi) is 62.9. The molecule has 74 heavy (non-hydrogen) atoms. The van der Waals surface area contributed by atoms with Crippen molar-refractivity contribution in [1.82, 2.24) is 5.32 Å². The van der Waals surface area contributed by atoms with Crippen LogP contribution in [0, 0.1) is 0 Å². The average molecular weight is 1040 g/mol. The lowest BCUT2D eigenvalue weighted by molar-refractivity contribution is -0.143. The van der Waals surface area contributed by atoms with Gasteiger partial charge in [0.2, 0.25) is 5.91 Å². The van der Waals surface area contributed by atoms with Crippen LogP contribution in [0.5, 0.6) is 0 Å². The zero-order chi connectivity index (χ0) is 53.6. The third kappa shape index (κ3) is 59.8. The van der Waals surface area contributed by atoms with E-state index in [1.54, 1.807) is 0 Å². The van der Waals surface area contributed by atoms with E-state index in [1.807, 2.05) is 0 Å². The summed E-state index contributed by atoms with van der Waals surface area (Å²) >= 11 is 0. The van der Waals surface area contributed by atoms with Crippen molar-refractivity contribution < 1.29 is 24.5 Å². The Morgan fingerprint density at radius 1 is 0.365 bits per heavy atom. The lowest BCUT2D eigenvalue weighted by atomic mass is 10.0. The first-order chi connectivity index (χ1) is 36.5. The Morgan fingerprint density at radius 2 is 0.635 bits per heavy atom. The summed E-state index contributed by atoms with van der Waals surface area (Å²) in [7, 11) is 0. The van der Waals surface area contributed by atoms with Crippen molar-refractivity contribution in [3.8, 4) is 0 Å². The summed E-state index contributed by atoms with van der Waals surface area (Å²) in [4.78, 5) is 24.5. The van der Waals surface area contributed by atoms with Crippen molar-refractivity contribution in [2.24, 2.45) is 0 Å². The molecule has 440 valence electrons. The predicted octanol–water partition coefficient (Wildman–Crippen LogP) is 21.6. The molecule has 2 atom stereocenters. The maximum Gasteiger partial charge on any atom is 0.305 e. The van der Waals surface area contributed by atoms with E-state index in [0.29, 0.717) is 25.9 Å². The van der Waals surface area contributed by atoms with E-state index in [4.69, 9.17) is 4.74 Å². The fourth-order valence-corrected chi connectivity index (χ4v) is 10.9. The number of hydrogen-bond acceptors (Lipinski definition) is 5. The average Bonchev–Trinajstić information content (AvgIpc) is 3.40. The molecule has 0 heterocycles. The number of aliphatic hydroxyl groups excluding tert-OH is 2. The van der Waals surface area contributed by atoms with Gasteiger partial charge >= 0.3 is 5.97 Å². The Morgan fingerprint density at radius 3 is 0.959 bits per heavy atom. The number of nitrogens with one attached hydrogen (secondary N) is 1. The quantitative estimate of drug-likeness (QED) is 0.0320. The number of aliphatic hydroxyl groups is 2. The minimum Gasteiger partial charge on any atom is -0.466 e. The number of amides is 1. The highest BCUT2D eigenvalue weighted by atomic mass is 16.5. The molecule has 6 nitrogen and oxygen atoms in total. The van der Waals surface area contributed by atoms with Gasteiger partial charge in [-0.2, -0.15) is 0 Å². The maximum atomic E-state index is 12.5. The minimum atomic E-state index is -0.665. The molecule has 0 bridgehead atoms. The van der Waals surface area contributed by atoms with E-state index < -0.39 is 12.1 Å². The SMILES string of the molecule is CCCCCCCCCCCCCCCCCCCCCC(O)C(CO)NC(=O)CCCCCCCCCCCCC/C=C\CCCCCCCCCCCCCCOC(=O)CCCCCCCCCCCCC. The molecular formula is C68H133NO5. The van der Waals surface area contributed by atoms with Gasteiger partial charge in [-0.25, -0.2) is 0 Å². The van der Waals surface area contributed by atoms with E-state index in [9.17, 15) is 19.8 Å². The molecule has 0 radical (unpaired) electrons. The molecule has 0 spiro atoms. The third-order valence-electron chi connectivity index (χ3n) is 16.1. The summed E-state index contributed by atoms with van der Waals surface area (Å²) in [6.07, 6.45) is 78.2. The maximum absolute atomic E-state index is 12.5. The van der Waals surface area contributed by atoms with Crippen LogP contribution in [-0.4, -0.2) is 47.4 Å². The molecule has 0 saturated carbocycles. The van der Waals surface area contributed by atoms with Gasteiger partial charge in [-0.15, -0.1) is 0 Å². The van der Waals surface area contributed by atoms with Crippen molar-refractivity contribution >= 4 is 11.9 Å². The summed E-state index contributed by atoms with van der Waals surface area (Å²) in [6.45, 7) is 4.99. The second kappa shape index (κ2) is 64.1. The minimum absolute atomic E-state index is 0.0156. The second-order valence-electron chi connectivity index (χ2n) is 23.5. The molecule has 0 aromatic heterocycles. The van der Waals surface area contributed by atoms with Crippen LogP contribution in [0.3, 0.4) is 0 Å². The monoisotopic (exact) mass is 1040 g/mol. The van der Waals surface area contributed by atoms with Gasteiger partial charge in [0, 0.05) is 12.8 Å². The van der Waals surface area contributed by atoms with Gasteiger partial charge in [-0.1, -0.05) is 334 Å². The van der Waals surface area contributed by atoms with Crippen molar-refractivity contribution in [1.29, 1.82) is 0 Å². The molecule has 3 N–H and O–H groups in total. The summed E-state index contributed by atoms with van der Waals surface area (Å²) < 4.78 is 5.47.